The molecule has 0 radical (unpaired) electrons. The number of anilines is 1. The van der Waals surface area contributed by atoms with Gasteiger partial charge in [0.25, 0.3) is 5.56 Å². The van der Waals surface area contributed by atoms with E-state index in [1.165, 1.54) is 0 Å². The molecule has 110 valence electrons. The molecule has 1 aromatic carbocycles. The Kier molecular flexibility index (Phi) is 2.80. The number of para-hydroxylation sites is 1. The molecule has 1 aliphatic heterocycles. The molecule has 4 unspecified atom stereocenters. The monoisotopic (exact) mass is 285 g/mol. The SMILES string of the molecule is Cn1c(=O)cc(NC2C(N)C3CCOC32)c2ccccc21. The zero-order chi connectivity index (χ0) is 14.6. The second kappa shape index (κ2) is 4.58. The van der Waals surface area contributed by atoms with Gasteiger partial charge in [0.05, 0.1) is 17.7 Å². The number of rotatable bonds is 2. The fourth-order valence-corrected chi connectivity index (χ4v) is 3.64. The minimum Gasteiger partial charge on any atom is -0.377 e. The van der Waals surface area contributed by atoms with E-state index < -0.39 is 0 Å². The standard InChI is InChI=1S/C16H19N3O2/c1-19-12-5-3-2-4-9(12)11(8-13(19)20)18-15-14(17)10-6-7-21-16(10)15/h2-5,8,10,14-16,18H,6-7,17H2,1H3. The summed E-state index contributed by atoms with van der Waals surface area (Å²) < 4.78 is 7.41. The number of aryl methyl sites for hydroxylation is 1. The maximum absolute atomic E-state index is 12.1. The van der Waals surface area contributed by atoms with Crippen molar-refractivity contribution in [2.75, 3.05) is 11.9 Å². The summed E-state index contributed by atoms with van der Waals surface area (Å²) in [4.78, 5) is 12.1. The highest BCUT2D eigenvalue weighted by atomic mass is 16.5. The van der Waals surface area contributed by atoms with Crippen LogP contribution >= 0.6 is 0 Å². The summed E-state index contributed by atoms with van der Waals surface area (Å²) in [5.41, 5.74) is 7.99. The second-order valence-corrected chi connectivity index (χ2v) is 6.01. The maximum atomic E-state index is 12.1. The van der Waals surface area contributed by atoms with E-state index in [1.807, 2.05) is 24.3 Å². The van der Waals surface area contributed by atoms with Gasteiger partial charge in [0.15, 0.2) is 0 Å². The number of nitrogens with one attached hydrogen (secondary N) is 1. The third-order valence-corrected chi connectivity index (χ3v) is 4.92. The lowest BCUT2D eigenvalue weighted by atomic mass is 9.72. The van der Waals surface area contributed by atoms with Gasteiger partial charge in [-0.3, -0.25) is 4.79 Å². The number of aromatic nitrogens is 1. The first-order valence-corrected chi connectivity index (χ1v) is 7.39. The van der Waals surface area contributed by atoms with E-state index in [-0.39, 0.29) is 23.7 Å². The van der Waals surface area contributed by atoms with Gasteiger partial charge in [-0.05, 0) is 12.5 Å². The summed E-state index contributed by atoms with van der Waals surface area (Å²) in [6, 6.07) is 9.74. The van der Waals surface area contributed by atoms with Crippen molar-refractivity contribution in [1.29, 1.82) is 0 Å². The molecule has 4 rings (SSSR count). The van der Waals surface area contributed by atoms with Gasteiger partial charge in [-0.25, -0.2) is 0 Å². The normalized spacial score (nSPS) is 31.0. The van der Waals surface area contributed by atoms with Gasteiger partial charge >= 0.3 is 0 Å². The molecule has 0 amide bonds. The number of hydrogen-bond acceptors (Lipinski definition) is 4. The zero-order valence-electron chi connectivity index (χ0n) is 12.0. The van der Waals surface area contributed by atoms with E-state index in [1.54, 1.807) is 17.7 Å². The summed E-state index contributed by atoms with van der Waals surface area (Å²) in [5, 5.41) is 4.48. The average molecular weight is 285 g/mol. The Morgan fingerprint density at radius 3 is 3.05 bits per heavy atom. The number of fused-ring (bicyclic) bond motifs is 2. The van der Waals surface area contributed by atoms with Crippen LogP contribution in [0.4, 0.5) is 5.69 Å². The first-order valence-electron chi connectivity index (χ1n) is 7.39. The van der Waals surface area contributed by atoms with E-state index in [4.69, 9.17) is 10.5 Å². The summed E-state index contributed by atoms with van der Waals surface area (Å²) in [7, 11) is 1.79. The largest absolute Gasteiger partial charge is 0.377 e. The van der Waals surface area contributed by atoms with Crippen molar-refractivity contribution < 1.29 is 4.74 Å². The van der Waals surface area contributed by atoms with Crippen LogP contribution in [-0.4, -0.2) is 29.4 Å². The number of pyridine rings is 1. The Labute approximate surface area is 122 Å². The Balaban J connectivity index is 1.74. The van der Waals surface area contributed by atoms with E-state index in [0.717, 1.165) is 29.6 Å². The molecule has 1 saturated carbocycles. The summed E-state index contributed by atoms with van der Waals surface area (Å²) in [5.74, 6) is 0.459. The molecule has 5 nitrogen and oxygen atoms in total. The molecule has 2 aromatic rings. The highest BCUT2D eigenvalue weighted by molar-refractivity contribution is 5.91. The number of nitrogens with zero attached hydrogens (tertiary/aromatic N) is 1. The molecular weight excluding hydrogens is 266 g/mol. The van der Waals surface area contributed by atoms with Crippen molar-refractivity contribution in [3.05, 3.63) is 40.7 Å². The third kappa shape index (κ3) is 1.81. The maximum Gasteiger partial charge on any atom is 0.252 e. The molecule has 3 N–H and O–H groups in total. The Hall–Kier alpha value is -1.85. The lowest BCUT2D eigenvalue weighted by Crippen LogP contribution is -2.65. The fourth-order valence-electron chi connectivity index (χ4n) is 3.64. The minimum absolute atomic E-state index is 0.0204. The molecule has 2 heterocycles. The molecule has 1 saturated heterocycles. The summed E-state index contributed by atoms with van der Waals surface area (Å²) in [6.07, 6.45) is 1.23. The Bertz CT molecular complexity index is 755. The molecule has 2 fully saturated rings. The van der Waals surface area contributed by atoms with Crippen LogP contribution in [0.2, 0.25) is 0 Å². The molecule has 1 aromatic heterocycles. The van der Waals surface area contributed by atoms with Crippen molar-refractivity contribution in [3.63, 3.8) is 0 Å². The lowest BCUT2D eigenvalue weighted by Gasteiger charge is -2.46. The van der Waals surface area contributed by atoms with E-state index >= 15 is 0 Å². The van der Waals surface area contributed by atoms with Crippen LogP contribution in [-0.2, 0) is 11.8 Å². The molecule has 21 heavy (non-hydrogen) atoms. The van der Waals surface area contributed by atoms with Gasteiger partial charge in [-0.15, -0.1) is 0 Å². The summed E-state index contributed by atoms with van der Waals surface area (Å²) in [6.45, 7) is 0.790. The van der Waals surface area contributed by atoms with E-state index in [9.17, 15) is 4.79 Å². The zero-order valence-corrected chi connectivity index (χ0v) is 12.0. The number of hydrogen-bond donors (Lipinski definition) is 2. The van der Waals surface area contributed by atoms with Crippen molar-refractivity contribution >= 4 is 16.6 Å². The number of ether oxygens (including phenoxy) is 1. The molecule has 5 heteroatoms. The van der Waals surface area contributed by atoms with Crippen LogP contribution in [0.15, 0.2) is 35.1 Å². The lowest BCUT2D eigenvalue weighted by molar-refractivity contribution is 0.00542. The second-order valence-electron chi connectivity index (χ2n) is 6.01. The average Bonchev–Trinajstić information content (AvgIpc) is 2.94. The highest BCUT2D eigenvalue weighted by Gasteiger charge is 2.52. The van der Waals surface area contributed by atoms with Gasteiger partial charge in [0.1, 0.15) is 0 Å². The smallest absolute Gasteiger partial charge is 0.252 e. The van der Waals surface area contributed by atoms with E-state index in [0.29, 0.717) is 5.92 Å². The number of benzene rings is 1. The Morgan fingerprint density at radius 1 is 1.38 bits per heavy atom. The molecule has 0 bridgehead atoms. The van der Waals surface area contributed by atoms with Gasteiger partial charge in [-0.2, -0.15) is 0 Å². The Morgan fingerprint density at radius 2 is 2.19 bits per heavy atom. The van der Waals surface area contributed by atoms with Crippen molar-refractivity contribution in [1.82, 2.24) is 4.57 Å². The molecule has 4 atom stereocenters. The molecular formula is C16H19N3O2. The molecule has 1 aliphatic carbocycles. The fraction of sp³-hybridized carbons (Fsp3) is 0.438. The first kappa shape index (κ1) is 12.9. The van der Waals surface area contributed by atoms with Crippen molar-refractivity contribution in [2.45, 2.75) is 24.6 Å². The summed E-state index contributed by atoms with van der Waals surface area (Å²) >= 11 is 0. The van der Waals surface area contributed by atoms with Gasteiger partial charge in [-0.1, -0.05) is 18.2 Å². The first-order chi connectivity index (χ1) is 10.2. The van der Waals surface area contributed by atoms with Gasteiger partial charge in [0.2, 0.25) is 0 Å². The van der Waals surface area contributed by atoms with Gasteiger partial charge < -0.3 is 20.4 Å². The van der Waals surface area contributed by atoms with E-state index in [2.05, 4.69) is 5.32 Å². The van der Waals surface area contributed by atoms with Crippen LogP contribution in [0.5, 0.6) is 0 Å². The van der Waals surface area contributed by atoms with Crippen molar-refractivity contribution in [2.24, 2.45) is 18.7 Å². The minimum atomic E-state index is -0.0204. The van der Waals surface area contributed by atoms with Crippen LogP contribution in [0.25, 0.3) is 10.9 Å². The quantitative estimate of drug-likeness (QED) is 0.866. The van der Waals surface area contributed by atoms with Crippen LogP contribution in [0, 0.1) is 5.92 Å². The van der Waals surface area contributed by atoms with Gasteiger partial charge in [0, 0.05) is 42.8 Å². The highest BCUT2D eigenvalue weighted by Crippen LogP contribution is 2.39. The van der Waals surface area contributed by atoms with Crippen LogP contribution < -0.4 is 16.6 Å². The topological polar surface area (TPSA) is 69.3 Å². The molecule has 0 spiro atoms. The number of nitrogens with two attached hydrogens (primary N) is 1. The predicted molar refractivity (Wildman–Crippen MR) is 82.4 cm³/mol. The van der Waals surface area contributed by atoms with Crippen LogP contribution in [0.3, 0.4) is 0 Å². The third-order valence-electron chi connectivity index (χ3n) is 4.92. The van der Waals surface area contributed by atoms with Crippen molar-refractivity contribution in [3.8, 4) is 0 Å². The van der Waals surface area contributed by atoms with Crippen LogP contribution in [0.1, 0.15) is 6.42 Å². The molecule has 2 aliphatic rings. The predicted octanol–water partition coefficient (Wildman–Crippen LogP) is 1.06.